The lowest BCUT2D eigenvalue weighted by Crippen LogP contribution is -2.61. The molecule has 7 N–H and O–H groups in total. The summed E-state index contributed by atoms with van der Waals surface area (Å²) in [7, 11) is 0. The van der Waals surface area contributed by atoms with E-state index in [1.165, 1.54) is 167 Å². The molecule has 11 unspecified atom stereocenters. The van der Waals surface area contributed by atoms with Crippen LogP contribution in [0.3, 0.4) is 0 Å². The zero-order chi connectivity index (χ0) is 53.7. The lowest BCUT2D eigenvalue weighted by atomic mass is 9.98. The van der Waals surface area contributed by atoms with E-state index in [0.717, 1.165) is 57.8 Å². The molecular weight excluding hydrogens is 945 g/mol. The maximum absolute atomic E-state index is 13.1. The molecule has 2 aliphatic rings. The van der Waals surface area contributed by atoms with Crippen LogP contribution in [0.2, 0.25) is 0 Å². The molecule has 2 heterocycles. The average molecular weight is 1060 g/mol. The van der Waals surface area contributed by atoms with Gasteiger partial charge in [-0.25, -0.2) is 0 Å². The molecule has 14 heteroatoms. The molecule has 14 nitrogen and oxygen atoms in total. The standard InChI is InChI=1S/C60H112O14/c1-3-5-7-9-11-13-15-17-19-21-22-23-24-25-26-27-29-31-33-35-37-39-41-43-52(62)72-49(46-69-44-42-40-38-36-34-32-30-28-20-18-16-14-12-10-8-6-4-2)47-70-59-58(68)56(66)54(64)51(74-59)48-71-60-57(67)55(65)53(63)50(45-61)73-60/h14,16,20,28,49-51,53-61,63-68H,3-13,15,17-19,21-27,29-48H2,1-2H3/b16-14-,28-20-. The summed E-state index contributed by atoms with van der Waals surface area (Å²) in [6, 6.07) is 0. The minimum atomic E-state index is -1.71. The van der Waals surface area contributed by atoms with E-state index in [0.29, 0.717) is 13.0 Å². The van der Waals surface area contributed by atoms with E-state index in [4.69, 9.17) is 28.4 Å². The van der Waals surface area contributed by atoms with Gasteiger partial charge in [-0.1, -0.05) is 224 Å². The van der Waals surface area contributed by atoms with Gasteiger partial charge < -0.3 is 64.2 Å². The van der Waals surface area contributed by atoms with Gasteiger partial charge in [0.05, 0.1) is 26.4 Å². The topological polar surface area (TPSA) is 214 Å². The highest BCUT2D eigenvalue weighted by atomic mass is 16.7. The van der Waals surface area contributed by atoms with Gasteiger partial charge >= 0.3 is 5.97 Å². The molecule has 0 amide bonds. The third kappa shape index (κ3) is 33.7. The summed E-state index contributed by atoms with van der Waals surface area (Å²) in [5.41, 5.74) is 0. The van der Waals surface area contributed by atoms with Crippen LogP contribution >= 0.6 is 0 Å². The number of rotatable bonds is 50. The van der Waals surface area contributed by atoms with E-state index in [2.05, 4.69) is 38.2 Å². The van der Waals surface area contributed by atoms with Crippen molar-refractivity contribution in [1.29, 1.82) is 0 Å². The Morgan fingerprint density at radius 1 is 0.446 bits per heavy atom. The molecule has 2 rings (SSSR count). The highest BCUT2D eigenvalue weighted by Crippen LogP contribution is 2.27. The fourth-order valence-electron chi connectivity index (χ4n) is 9.79. The van der Waals surface area contributed by atoms with Crippen molar-refractivity contribution in [3.8, 4) is 0 Å². The van der Waals surface area contributed by atoms with Gasteiger partial charge in [0, 0.05) is 13.0 Å². The summed E-state index contributed by atoms with van der Waals surface area (Å²) in [5, 5.41) is 72.4. The van der Waals surface area contributed by atoms with Crippen LogP contribution in [0.15, 0.2) is 24.3 Å². The Hall–Kier alpha value is -1.53. The third-order valence-corrected chi connectivity index (χ3v) is 14.7. The number of aliphatic hydroxyl groups excluding tert-OH is 7. The van der Waals surface area contributed by atoms with E-state index in [1.807, 2.05) is 0 Å². The molecule has 11 atom stereocenters. The lowest BCUT2D eigenvalue weighted by Gasteiger charge is -2.42. The predicted molar refractivity (Wildman–Crippen MR) is 294 cm³/mol. The summed E-state index contributed by atoms with van der Waals surface area (Å²) in [6.07, 6.45) is 38.1. The van der Waals surface area contributed by atoms with Crippen molar-refractivity contribution in [2.24, 2.45) is 0 Å². The quantitative estimate of drug-likeness (QED) is 0.0172. The second-order valence-electron chi connectivity index (χ2n) is 21.5. The Kier molecular flexibility index (Phi) is 44.0. The normalized spacial score (nSPS) is 24.9. The van der Waals surface area contributed by atoms with Crippen LogP contribution in [0.25, 0.3) is 0 Å². The number of unbranched alkanes of at least 4 members (excludes halogenated alkanes) is 32. The number of ether oxygens (including phenoxy) is 6. The van der Waals surface area contributed by atoms with Crippen LogP contribution < -0.4 is 0 Å². The Morgan fingerprint density at radius 2 is 0.838 bits per heavy atom. The second-order valence-corrected chi connectivity index (χ2v) is 21.5. The molecule has 0 bridgehead atoms. The number of carbonyl (C=O) groups excluding carboxylic acids is 1. The van der Waals surface area contributed by atoms with E-state index >= 15 is 0 Å². The van der Waals surface area contributed by atoms with Gasteiger partial charge in [0.1, 0.15) is 54.9 Å². The Labute approximate surface area is 449 Å². The molecule has 0 aromatic heterocycles. The number of aliphatic hydroxyl groups is 7. The van der Waals surface area contributed by atoms with Crippen molar-refractivity contribution in [3.63, 3.8) is 0 Å². The maximum Gasteiger partial charge on any atom is 0.306 e. The highest BCUT2D eigenvalue weighted by Gasteiger charge is 2.47. The number of esters is 1. The first-order valence-electron chi connectivity index (χ1n) is 30.4. The minimum Gasteiger partial charge on any atom is -0.457 e. The van der Waals surface area contributed by atoms with Gasteiger partial charge in [-0.2, -0.15) is 0 Å². The zero-order valence-electron chi connectivity index (χ0n) is 46.8. The van der Waals surface area contributed by atoms with Crippen LogP contribution in [0.5, 0.6) is 0 Å². The molecule has 436 valence electrons. The van der Waals surface area contributed by atoms with Crippen LogP contribution in [-0.2, 0) is 33.2 Å². The molecule has 2 saturated heterocycles. The van der Waals surface area contributed by atoms with Crippen molar-refractivity contribution in [2.75, 3.05) is 33.0 Å². The van der Waals surface area contributed by atoms with E-state index in [1.54, 1.807) is 0 Å². The molecular formula is C60H112O14. The Bertz CT molecular complexity index is 1320. The molecule has 0 aliphatic carbocycles. The second kappa shape index (κ2) is 47.5. The van der Waals surface area contributed by atoms with Crippen molar-refractivity contribution >= 4 is 5.97 Å². The van der Waals surface area contributed by atoms with Crippen LogP contribution in [-0.4, -0.2) is 142 Å². The van der Waals surface area contributed by atoms with Crippen molar-refractivity contribution < 1.29 is 69.0 Å². The van der Waals surface area contributed by atoms with E-state index in [9.17, 15) is 40.5 Å². The number of hydrogen-bond acceptors (Lipinski definition) is 14. The molecule has 74 heavy (non-hydrogen) atoms. The summed E-state index contributed by atoms with van der Waals surface area (Å²) < 4.78 is 34.4. The maximum atomic E-state index is 13.1. The first-order chi connectivity index (χ1) is 36.1. The van der Waals surface area contributed by atoms with Crippen molar-refractivity contribution in [2.45, 2.75) is 319 Å². The number of carbonyl (C=O) groups is 1. The SMILES string of the molecule is CCCCCC/C=C\C/C=C\CCCCCCCCOCC(COC1OC(COC2OC(CO)C(O)C(O)C2O)C(O)C(O)C1O)OC(=O)CCCCCCCCCCCCCCCCCCCCCCCCC. The lowest BCUT2D eigenvalue weighted by molar-refractivity contribution is -0.332. The summed E-state index contributed by atoms with van der Waals surface area (Å²) >= 11 is 0. The molecule has 0 radical (unpaired) electrons. The molecule has 0 aromatic carbocycles. The van der Waals surface area contributed by atoms with Gasteiger partial charge in [0.2, 0.25) is 0 Å². The Morgan fingerprint density at radius 3 is 1.31 bits per heavy atom. The fraction of sp³-hybridized carbons (Fsp3) is 0.917. The first kappa shape index (κ1) is 68.6. The van der Waals surface area contributed by atoms with Gasteiger partial charge in [-0.05, 0) is 44.9 Å². The first-order valence-corrected chi connectivity index (χ1v) is 30.4. The smallest absolute Gasteiger partial charge is 0.306 e. The van der Waals surface area contributed by atoms with E-state index in [-0.39, 0.29) is 25.6 Å². The predicted octanol–water partition coefficient (Wildman–Crippen LogP) is 11.1. The van der Waals surface area contributed by atoms with Crippen molar-refractivity contribution in [3.05, 3.63) is 24.3 Å². The molecule has 0 spiro atoms. The monoisotopic (exact) mass is 1060 g/mol. The third-order valence-electron chi connectivity index (χ3n) is 14.7. The van der Waals surface area contributed by atoms with Crippen LogP contribution in [0.4, 0.5) is 0 Å². The van der Waals surface area contributed by atoms with Crippen LogP contribution in [0, 0.1) is 0 Å². The molecule has 2 fully saturated rings. The summed E-state index contributed by atoms with van der Waals surface area (Å²) in [6.45, 7) is 3.70. The van der Waals surface area contributed by atoms with Gasteiger partial charge in [0.15, 0.2) is 12.6 Å². The average Bonchev–Trinajstić information content (AvgIpc) is 3.40. The molecule has 2 aliphatic heterocycles. The fourth-order valence-corrected chi connectivity index (χ4v) is 9.79. The van der Waals surface area contributed by atoms with Crippen LogP contribution in [0.1, 0.15) is 251 Å². The van der Waals surface area contributed by atoms with Crippen molar-refractivity contribution in [1.82, 2.24) is 0 Å². The molecule has 0 saturated carbocycles. The number of hydrogen-bond donors (Lipinski definition) is 7. The number of allylic oxidation sites excluding steroid dienone is 4. The largest absolute Gasteiger partial charge is 0.457 e. The van der Waals surface area contributed by atoms with E-state index < -0.39 is 80.7 Å². The van der Waals surface area contributed by atoms with Gasteiger partial charge in [0.25, 0.3) is 0 Å². The van der Waals surface area contributed by atoms with Gasteiger partial charge in [-0.3, -0.25) is 4.79 Å². The summed E-state index contributed by atoms with van der Waals surface area (Å²) in [5.74, 6) is -0.374. The van der Waals surface area contributed by atoms with Gasteiger partial charge in [-0.15, -0.1) is 0 Å². The minimum absolute atomic E-state index is 0.0587. The highest BCUT2D eigenvalue weighted by molar-refractivity contribution is 5.69. The Balaban J connectivity index is 1.69. The summed E-state index contributed by atoms with van der Waals surface area (Å²) in [4.78, 5) is 13.1. The zero-order valence-corrected chi connectivity index (χ0v) is 46.8. The molecule has 0 aromatic rings.